The molecule has 0 aliphatic carbocycles. The number of carbonyl (C=O) groups excluding carboxylic acids is 1. The fourth-order valence-corrected chi connectivity index (χ4v) is 3.90. The van der Waals surface area contributed by atoms with Crippen LogP contribution in [0.15, 0.2) is 24.3 Å². The van der Waals surface area contributed by atoms with E-state index in [9.17, 15) is 13.2 Å². The van der Waals surface area contributed by atoms with Gasteiger partial charge < -0.3 is 15.5 Å². The Morgan fingerprint density at radius 3 is 2.60 bits per heavy atom. The van der Waals surface area contributed by atoms with Gasteiger partial charge in [0.15, 0.2) is 9.84 Å². The summed E-state index contributed by atoms with van der Waals surface area (Å²) in [4.78, 5) is 13.8. The summed E-state index contributed by atoms with van der Waals surface area (Å²) in [5.41, 5.74) is 1.58. The maximum absolute atomic E-state index is 11.9. The summed E-state index contributed by atoms with van der Waals surface area (Å²) < 4.78 is 22.7. The summed E-state index contributed by atoms with van der Waals surface area (Å²) in [7, 11) is 0.795. The number of nitrogens with one attached hydrogen (secondary N) is 2. The second kappa shape index (κ2) is 5.70. The second-order valence-corrected chi connectivity index (χ2v) is 7.34. The average molecular weight is 297 g/mol. The van der Waals surface area contributed by atoms with Crippen LogP contribution in [0.3, 0.4) is 0 Å². The highest BCUT2D eigenvalue weighted by atomic mass is 32.2. The third-order valence-corrected chi connectivity index (χ3v) is 4.97. The molecular weight excluding hydrogens is 278 g/mol. The molecule has 1 aromatic rings. The van der Waals surface area contributed by atoms with E-state index < -0.39 is 9.84 Å². The van der Waals surface area contributed by atoms with Crippen molar-refractivity contribution >= 4 is 27.2 Å². The molecule has 1 aromatic carbocycles. The summed E-state index contributed by atoms with van der Waals surface area (Å²) in [5.74, 6) is 0.169. The standard InChI is InChI=1S/C13H19N3O3S/c1-16(2)12-6-4-3-5-11(12)15-13(17)14-10-7-8-20(18,19)9-10/h3-6,10H,7-9H2,1-2H3,(H2,14,15,17)/t10-/m0/s1. The number of sulfone groups is 1. The van der Waals surface area contributed by atoms with Gasteiger partial charge in [-0.1, -0.05) is 12.1 Å². The van der Waals surface area contributed by atoms with Crippen molar-refractivity contribution < 1.29 is 13.2 Å². The van der Waals surface area contributed by atoms with Gasteiger partial charge in [0.1, 0.15) is 0 Å². The Hall–Kier alpha value is -1.76. The number of urea groups is 1. The molecule has 2 rings (SSSR count). The van der Waals surface area contributed by atoms with Crippen LogP contribution in [0.2, 0.25) is 0 Å². The third kappa shape index (κ3) is 3.63. The Balaban J connectivity index is 1.99. The summed E-state index contributed by atoms with van der Waals surface area (Å²) in [5, 5.41) is 5.46. The van der Waals surface area contributed by atoms with Crippen LogP contribution in [0, 0.1) is 0 Å². The zero-order valence-electron chi connectivity index (χ0n) is 11.6. The van der Waals surface area contributed by atoms with Crippen LogP contribution in [-0.2, 0) is 9.84 Å². The average Bonchev–Trinajstić information content (AvgIpc) is 2.68. The second-order valence-electron chi connectivity index (χ2n) is 5.11. The molecular formula is C13H19N3O3S. The van der Waals surface area contributed by atoms with Crippen molar-refractivity contribution in [2.24, 2.45) is 0 Å². The van der Waals surface area contributed by atoms with Crippen LogP contribution in [0.4, 0.5) is 16.2 Å². The molecule has 1 saturated heterocycles. The molecule has 2 amide bonds. The van der Waals surface area contributed by atoms with Gasteiger partial charge in [-0.05, 0) is 18.6 Å². The van der Waals surface area contributed by atoms with E-state index in [1.807, 2.05) is 37.2 Å². The van der Waals surface area contributed by atoms with Crippen molar-refractivity contribution in [1.29, 1.82) is 0 Å². The van der Waals surface area contributed by atoms with Crippen LogP contribution in [0.5, 0.6) is 0 Å². The molecule has 0 aromatic heterocycles. The number of amides is 2. The minimum Gasteiger partial charge on any atom is -0.376 e. The Bertz CT molecular complexity index is 599. The van der Waals surface area contributed by atoms with Crippen molar-refractivity contribution in [3.63, 3.8) is 0 Å². The number of rotatable bonds is 3. The number of anilines is 2. The first kappa shape index (κ1) is 14.6. The van der Waals surface area contributed by atoms with E-state index in [0.29, 0.717) is 12.1 Å². The lowest BCUT2D eigenvalue weighted by molar-refractivity contribution is 0.249. The quantitative estimate of drug-likeness (QED) is 0.874. The number of benzene rings is 1. The van der Waals surface area contributed by atoms with E-state index in [-0.39, 0.29) is 23.6 Å². The highest BCUT2D eigenvalue weighted by molar-refractivity contribution is 7.91. The van der Waals surface area contributed by atoms with Gasteiger partial charge in [-0.25, -0.2) is 13.2 Å². The van der Waals surface area contributed by atoms with E-state index in [1.54, 1.807) is 6.07 Å². The molecule has 1 heterocycles. The Morgan fingerprint density at radius 1 is 1.30 bits per heavy atom. The van der Waals surface area contributed by atoms with Crippen LogP contribution >= 0.6 is 0 Å². The highest BCUT2D eigenvalue weighted by Crippen LogP contribution is 2.23. The van der Waals surface area contributed by atoms with Crippen LogP contribution in [0.25, 0.3) is 0 Å². The molecule has 0 saturated carbocycles. The highest BCUT2D eigenvalue weighted by Gasteiger charge is 2.28. The van der Waals surface area contributed by atoms with Crippen LogP contribution < -0.4 is 15.5 Å². The number of hydrogen-bond acceptors (Lipinski definition) is 4. The van der Waals surface area contributed by atoms with Gasteiger partial charge in [0.05, 0.1) is 22.9 Å². The first-order valence-corrected chi connectivity index (χ1v) is 8.24. The van der Waals surface area contributed by atoms with E-state index in [0.717, 1.165) is 5.69 Å². The molecule has 1 fully saturated rings. The minimum atomic E-state index is -2.99. The fourth-order valence-electron chi connectivity index (χ4n) is 2.22. The first-order chi connectivity index (χ1) is 9.37. The van der Waals surface area contributed by atoms with Crippen LogP contribution in [-0.4, -0.2) is 46.1 Å². The predicted octanol–water partition coefficient (Wildman–Crippen LogP) is 1.06. The molecule has 0 spiro atoms. The zero-order valence-corrected chi connectivity index (χ0v) is 12.4. The number of nitrogens with zero attached hydrogens (tertiary/aromatic N) is 1. The molecule has 0 unspecified atom stereocenters. The first-order valence-electron chi connectivity index (χ1n) is 6.42. The van der Waals surface area contributed by atoms with Crippen molar-refractivity contribution in [1.82, 2.24) is 5.32 Å². The zero-order chi connectivity index (χ0) is 14.8. The molecule has 1 aliphatic heterocycles. The van der Waals surface area contributed by atoms with E-state index in [1.165, 1.54) is 0 Å². The molecule has 0 bridgehead atoms. The Labute approximate surface area is 119 Å². The van der Waals surface area contributed by atoms with Crippen molar-refractivity contribution in [2.75, 3.05) is 35.8 Å². The Kier molecular flexibility index (Phi) is 4.17. The van der Waals surface area contributed by atoms with Gasteiger partial charge in [0.2, 0.25) is 0 Å². The molecule has 0 radical (unpaired) electrons. The summed E-state index contributed by atoms with van der Waals surface area (Å²) >= 11 is 0. The van der Waals surface area contributed by atoms with Crippen molar-refractivity contribution in [2.45, 2.75) is 12.5 Å². The molecule has 2 N–H and O–H groups in total. The van der Waals surface area contributed by atoms with Gasteiger partial charge in [0.25, 0.3) is 0 Å². The van der Waals surface area contributed by atoms with E-state index in [4.69, 9.17) is 0 Å². The summed E-state index contributed by atoms with van der Waals surface area (Å²) in [6.07, 6.45) is 0.477. The summed E-state index contributed by atoms with van der Waals surface area (Å²) in [6.45, 7) is 0. The lowest BCUT2D eigenvalue weighted by atomic mass is 10.2. The number of hydrogen-bond donors (Lipinski definition) is 2. The fraction of sp³-hybridized carbons (Fsp3) is 0.462. The van der Waals surface area contributed by atoms with Gasteiger partial charge in [-0.15, -0.1) is 0 Å². The minimum absolute atomic E-state index is 0.0236. The third-order valence-electron chi connectivity index (χ3n) is 3.20. The molecule has 1 aliphatic rings. The maximum atomic E-state index is 11.9. The largest absolute Gasteiger partial charge is 0.376 e. The number of para-hydroxylation sites is 2. The topological polar surface area (TPSA) is 78.5 Å². The van der Waals surface area contributed by atoms with Gasteiger partial charge in [-0.2, -0.15) is 0 Å². The molecule has 1 atom stereocenters. The summed E-state index contributed by atoms with van der Waals surface area (Å²) in [6, 6.07) is 6.76. The maximum Gasteiger partial charge on any atom is 0.319 e. The van der Waals surface area contributed by atoms with Crippen molar-refractivity contribution in [3.8, 4) is 0 Å². The predicted molar refractivity (Wildman–Crippen MR) is 80.0 cm³/mol. The molecule has 6 nitrogen and oxygen atoms in total. The van der Waals surface area contributed by atoms with E-state index in [2.05, 4.69) is 10.6 Å². The van der Waals surface area contributed by atoms with Crippen LogP contribution in [0.1, 0.15) is 6.42 Å². The smallest absolute Gasteiger partial charge is 0.319 e. The monoisotopic (exact) mass is 297 g/mol. The lowest BCUT2D eigenvalue weighted by Gasteiger charge is -2.19. The molecule has 20 heavy (non-hydrogen) atoms. The SMILES string of the molecule is CN(C)c1ccccc1NC(=O)N[C@H]1CCS(=O)(=O)C1. The number of carbonyl (C=O) groups is 1. The van der Waals surface area contributed by atoms with Gasteiger partial charge in [0, 0.05) is 20.1 Å². The van der Waals surface area contributed by atoms with Gasteiger partial charge >= 0.3 is 6.03 Å². The van der Waals surface area contributed by atoms with E-state index >= 15 is 0 Å². The Morgan fingerprint density at radius 2 is 2.00 bits per heavy atom. The normalized spacial score (nSPS) is 20.4. The molecule has 7 heteroatoms. The van der Waals surface area contributed by atoms with Crippen molar-refractivity contribution in [3.05, 3.63) is 24.3 Å². The van der Waals surface area contributed by atoms with Gasteiger partial charge in [-0.3, -0.25) is 0 Å². The lowest BCUT2D eigenvalue weighted by Crippen LogP contribution is -2.38. The molecule has 110 valence electrons.